The molecule has 3 N–H and O–H groups in total. The van der Waals surface area contributed by atoms with Gasteiger partial charge in [-0.2, -0.15) is 0 Å². The molecule has 0 heterocycles. The van der Waals surface area contributed by atoms with Crippen molar-refractivity contribution in [3.8, 4) is 5.75 Å². The van der Waals surface area contributed by atoms with Crippen LogP contribution < -0.4 is 15.4 Å². The Morgan fingerprint density at radius 3 is 2.35 bits per heavy atom. The van der Waals surface area contributed by atoms with E-state index in [9.17, 15) is 9.90 Å². The summed E-state index contributed by atoms with van der Waals surface area (Å²) in [5.41, 5.74) is 1.04. The Morgan fingerprint density at radius 1 is 1.00 bits per heavy atom. The average molecular weight is 314 g/mol. The highest BCUT2D eigenvalue weighted by Gasteiger charge is 2.07. The number of benzene rings is 2. The van der Waals surface area contributed by atoms with E-state index in [1.165, 1.54) is 0 Å². The van der Waals surface area contributed by atoms with E-state index in [0.29, 0.717) is 19.6 Å². The smallest absolute Gasteiger partial charge is 0.315 e. The topological polar surface area (TPSA) is 70.6 Å². The average Bonchev–Trinajstić information content (AvgIpc) is 2.59. The summed E-state index contributed by atoms with van der Waals surface area (Å²) in [5, 5.41) is 15.2. The van der Waals surface area contributed by atoms with Gasteiger partial charge in [0, 0.05) is 13.0 Å². The van der Waals surface area contributed by atoms with Crippen molar-refractivity contribution in [3.63, 3.8) is 0 Å². The number of aliphatic hydroxyl groups is 1. The molecule has 5 heteroatoms. The number of nitrogens with one attached hydrogen (secondary N) is 2. The summed E-state index contributed by atoms with van der Waals surface area (Å²) in [6.07, 6.45) is -0.0955. The molecule has 2 aromatic rings. The van der Waals surface area contributed by atoms with Crippen LogP contribution in [0.3, 0.4) is 0 Å². The maximum Gasteiger partial charge on any atom is 0.315 e. The Labute approximate surface area is 136 Å². The predicted octanol–water partition coefficient (Wildman–Crippen LogP) is 1.97. The monoisotopic (exact) mass is 314 g/mol. The van der Waals surface area contributed by atoms with Gasteiger partial charge in [0.1, 0.15) is 12.4 Å². The molecule has 0 aromatic heterocycles. The number of hydrogen-bond acceptors (Lipinski definition) is 3. The molecule has 1 unspecified atom stereocenters. The molecule has 0 saturated carbocycles. The number of urea groups is 1. The third-order valence-corrected chi connectivity index (χ3v) is 3.21. The zero-order chi connectivity index (χ0) is 16.3. The van der Waals surface area contributed by atoms with Crippen LogP contribution in [0.2, 0.25) is 0 Å². The molecule has 0 aliphatic rings. The van der Waals surface area contributed by atoms with Gasteiger partial charge < -0.3 is 20.5 Å². The molecular formula is C18H22N2O3. The molecule has 0 aliphatic carbocycles. The molecule has 122 valence electrons. The number of hydrogen-bond donors (Lipinski definition) is 3. The summed E-state index contributed by atoms with van der Waals surface area (Å²) in [7, 11) is 0. The summed E-state index contributed by atoms with van der Waals surface area (Å²) in [6, 6.07) is 18.8. The Bertz CT molecular complexity index is 575. The van der Waals surface area contributed by atoms with Crippen molar-refractivity contribution in [1.29, 1.82) is 0 Å². The predicted molar refractivity (Wildman–Crippen MR) is 89.5 cm³/mol. The number of rotatable bonds is 8. The van der Waals surface area contributed by atoms with Crippen LogP contribution in [0.15, 0.2) is 60.7 Å². The molecule has 0 aliphatic heterocycles. The molecule has 0 fully saturated rings. The highest BCUT2D eigenvalue weighted by Crippen LogP contribution is 2.07. The van der Waals surface area contributed by atoms with E-state index >= 15 is 0 Å². The lowest BCUT2D eigenvalue weighted by Crippen LogP contribution is -2.41. The van der Waals surface area contributed by atoms with Crippen LogP contribution in [0.4, 0.5) is 4.79 Å². The quantitative estimate of drug-likeness (QED) is 0.652. The Morgan fingerprint density at radius 2 is 1.65 bits per heavy atom. The van der Waals surface area contributed by atoms with Gasteiger partial charge >= 0.3 is 6.03 Å². The fourth-order valence-electron chi connectivity index (χ4n) is 2.08. The lowest BCUT2D eigenvalue weighted by molar-refractivity contribution is 0.170. The second-order valence-corrected chi connectivity index (χ2v) is 5.14. The Balaban J connectivity index is 1.56. The van der Waals surface area contributed by atoms with E-state index in [1.54, 1.807) is 0 Å². The Hall–Kier alpha value is -2.53. The van der Waals surface area contributed by atoms with Crippen LogP contribution >= 0.6 is 0 Å². The third kappa shape index (κ3) is 6.84. The molecule has 2 amide bonds. The minimum Gasteiger partial charge on any atom is -0.492 e. The standard InChI is InChI=1S/C18H22N2O3/c21-16(13-15-7-3-1-4-8-15)14-20-18(22)19-11-12-23-17-9-5-2-6-10-17/h1-10,16,21H,11-14H2,(H2,19,20,22). The van der Waals surface area contributed by atoms with E-state index in [4.69, 9.17) is 4.74 Å². The number of carbonyl (C=O) groups excluding carboxylic acids is 1. The normalized spacial score (nSPS) is 11.5. The number of ether oxygens (including phenoxy) is 1. The molecule has 0 spiro atoms. The molecular weight excluding hydrogens is 292 g/mol. The van der Waals surface area contributed by atoms with Crippen LogP contribution in [0.5, 0.6) is 5.75 Å². The van der Waals surface area contributed by atoms with Crippen LogP contribution in [0, 0.1) is 0 Å². The number of carbonyl (C=O) groups is 1. The number of aliphatic hydroxyl groups excluding tert-OH is 1. The van der Waals surface area contributed by atoms with Gasteiger partial charge in [0.25, 0.3) is 0 Å². The van der Waals surface area contributed by atoms with Crippen molar-refractivity contribution < 1.29 is 14.6 Å². The molecule has 0 saturated heterocycles. The molecule has 1 atom stereocenters. The maximum atomic E-state index is 11.6. The second kappa shape index (κ2) is 9.48. The molecule has 0 radical (unpaired) electrons. The largest absolute Gasteiger partial charge is 0.492 e. The third-order valence-electron chi connectivity index (χ3n) is 3.21. The summed E-state index contributed by atoms with van der Waals surface area (Å²) in [6.45, 7) is 1.000. The van der Waals surface area contributed by atoms with Crippen molar-refractivity contribution in [2.24, 2.45) is 0 Å². The summed E-state index contributed by atoms with van der Waals surface area (Å²) < 4.78 is 5.47. The Kier molecular flexibility index (Phi) is 6.94. The number of amides is 2. The SMILES string of the molecule is O=C(NCCOc1ccccc1)NCC(O)Cc1ccccc1. The van der Waals surface area contributed by atoms with Gasteiger partial charge in [-0.1, -0.05) is 48.5 Å². The van der Waals surface area contributed by atoms with E-state index in [2.05, 4.69) is 10.6 Å². The second-order valence-electron chi connectivity index (χ2n) is 5.14. The van der Waals surface area contributed by atoms with Gasteiger partial charge in [0.2, 0.25) is 0 Å². The van der Waals surface area contributed by atoms with E-state index in [-0.39, 0.29) is 12.6 Å². The first kappa shape index (κ1) is 16.8. The van der Waals surface area contributed by atoms with E-state index in [1.807, 2.05) is 60.7 Å². The van der Waals surface area contributed by atoms with Crippen LogP contribution in [0.1, 0.15) is 5.56 Å². The van der Waals surface area contributed by atoms with Crippen molar-refractivity contribution in [2.45, 2.75) is 12.5 Å². The summed E-state index contributed by atoms with van der Waals surface area (Å²) in [5.74, 6) is 0.771. The molecule has 0 bridgehead atoms. The minimum absolute atomic E-state index is 0.209. The summed E-state index contributed by atoms with van der Waals surface area (Å²) >= 11 is 0. The van der Waals surface area contributed by atoms with Crippen LogP contribution in [-0.4, -0.2) is 36.9 Å². The molecule has 2 aromatic carbocycles. The van der Waals surface area contributed by atoms with Gasteiger partial charge in [-0.05, 0) is 17.7 Å². The van der Waals surface area contributed by atoms with Gasteiger partial charge in [0.05, 0.1) is 12.6 Å². The zero-order valence-corrected chi connectivity index (χ0v) is 12.9. The van der Waals surface area contributed by atoms with Crippen molar-refractivity contribution >= 4 is 6.03 Å². The lowest BCUT2D eigenvalue weighted by atomic mass is 10.1. The molecule has 23 heavy (non-hydrogen) atoms. The van der Waals surface area contributed by atoms with Gasteiger partial charge in [-0.3, -0.25) is 0 Å². The van der Waals surface area contributed by atoms with Crippen molar-refractivity contribution in [2.75, 3.05) is 19.7 Å². The lowest BCUT2D eigenvalue weighted by Gasteiger charge is -2.13. The van der Waals surface area contributed by atoms with Gasteiger partial charge in [-0.25, -0.2) is 4.79 Å². The first-order valence-corrected chi connectivity index (χ1v) is 7.65. The van der Waals surface area contributed by atoms with Crippen molar-refractivity contribution in [1.82, 2.24) is 10.6 Å². The highest BCUT2D eigenvalue weighted by molar-refractivity contribution is 5.73. The van der Waals surface area contributed by atoms with E-state index < -0.39 is 6.10 Å². The zero-order valence-electron chi connectivity index (χ0n) is 12.9. The minimum atomic E-state index is -0.608. The highest BCUT2D eigenvalue weighted by atomic mass is 16.5. The molecule has 5 nitrogen and oxygen atoms in total. The first-order chi connectivity index (χ1) is 11.2. The fourth-order valence-corrected chi connectivity index (χ4v) is 2.08. The van der Waals surface area contributed by atoms with Gasteiger partial charge in [-0.15, -0.1) is 0 Å². The van der Waals surface area contributed by atoms with E-state index in [0.717, 1.165) is 11.3 Å². The van der Waals surface area contributed by atoms with Gasteiger partial charge in [0.15, 0.2) is 0 Å². The molecule has 2 rings (SSSR count). The number of para-hydroxylation sites is 1. The fraction of sp³-hybridized carbons (Fsp3) is 0.278. The summed E-state index contributed by atoms with van der Waals surface area (Å²) in [4.78, 5) is 11.6. The van der Waals surface area contributed by atoms with Crippen LogP contribution in [0.25, 0.3) is 0 Å². The van der Waals surface area contributed by atoms with Crippen molar-refractivity contribution in [3.05, 3.63) is 66.2 Å². The first-order valence-electron chi connectivity index (χ1n) is 7.65. The van der Waals surface area contributed by atoms with Crippen LogP contribution in [-0.2, 0) is 6.42 Å². The maximum absolute atomic E-state index is 11.6.